The number of esters is 2. The van der Waals surface area contributed by atoms with E-state index in [9.17, 15) is 9.59 Å². The van der Waals surface area contributed by atoms with Crippen molar-refractivity contribution in [3.8, 4) is 5.75 Å². The zero-order valence-electron chi connectivity index (χ0n) is 18.0. The molecule has 4 nitrogen and oxygen atoms in total. The van der Waals surface area contributed by atoms with Gasteiger partial charge in [0.15, 0.2) is 0 Å². The van der Waals surface area contributed by atoms with Gasteiger partial charge < -0.3 is 9.47 Å². The maximum atomic E-state index is 12.5. The van der Waals surface area contributed by atoms with E-state index in [0.717, 1.165) is 11.1 Å². The average molecular weight is 402 g/mol. The first-order chi connectivity index (χ1) is 14.3. The lowest BCUT2D eigenvalue weighted by atomic mass is 9.90. The molecular weight excluding hydrogens is 376 g/mol. The van der Waals surface area contributed by atoms with Crippen LogP contribution in [0.5, 0.6) is 5.75 Å². The number of hydrogen-bond donors (Lipinski definition) is 0. The molecule has 0 amide bonds. The zero-order chi connectivity index (χ0) is 21.8. The van der Waals surface area contributed by atoms with E-state index in [1.54, 1.807) is 24.3 Å². The van der Waals surface area contributed by atoms with Crippen molar-refractivity contribution in [3.63, 3.8) is 0 Å². The lowest BCUT2D eigenvalue weighted by Crippen LogP contribution is -2.10. The Morgan fingerprint density at radius 3 is 1.77 bits per heavy atom. The highest BCUT2D eigenvalue weighted by atomic mass is 16.5. The van der Waals surface area contributed by atoms with Crippen LogP contribution in [0.1, 0.15) is 61.4 Å². The molecule has 0 spiro atoms. The fourth-order valence-corrected chi connectivity index (χ4v) is 3.30. The van der Waals surface area contributed by atoms with E-state index in [-0.39, 0.29) is 5.92 Å². The largest absolute Gasteiger partial charge is 0.465 e. The van der Waals surface area contributed by atoms with Crippen LogP contribution in [0.25, 0.3) is 0 Å². The number of aryl methyl sites for hydroxylation is 3. The average Bonchev–Trinajstić information content (AvgIpc) is 2.76. The topological polar surface area (TPSA) is 52.6 Å². The van der Waals surface area contributed by atoms with Gasteiger partial charge in [0.25, 0.3) is 0 Å². The second kappa shape index (κ2) is 8.95. The summed E-state index contributed by atoms with van der Waals surface area (Å²) >= 11 is 0. The molecule has 3 rings (SSSR count). The Hall–Kier alpha value is -3.40. The minimum absolute atomic E-state index is 0.235. The molecule has 3 aromatic carbocycles. The summed E-state index contributed by atoms with van der Waals surface area (Å²) in [6, 6.07) is 18.6. The predicted molar refractivity (Wildman–Crippen MR) is 117 cm³/mol. The number of carbonyl (C=O) groups excluding carboxylic acids is 2. The minimum Gasteiger partial charge on any atom is -0.465 e. The van der Waals surface area contributed by atoms with Crippen molar-refractivity contribution in [1.29, 1.82) is 0 Å². The molecule has 3 aromatic rings. The maximum absolute atomic E-state index is 12.5. The fraction of sp³-hybridized carbons (Fsp3) is 0.231. The van der Waals surface area contributed by atoms with Crippen LogP contribution in [0.4, 0.5) is 0 Å². The highest BCUT2D eigenvalue weighted by molar-refractivity contribution is 5.94. The molecule has 0 aliphatic heterocycles. The molecular formula is C26H26O4. The molecule has 0 aliphatic carbocycles. The zero-order valence-corrected chi connectivity index (χ0v) is 18.0. The smallest absolute Gasteiger partial charge is 0.343 e. The van der Waals surface area contributed by atoms with E-state index >= 15 is 0 Å². The number of methoxy groups -OCH3 is 1. The number of ether oxygens (including phenoxy) is 2. The normalized spacial score (nSPS) is 11.6. The van der Waals surface area contributed by atoms with Gasteiger partial charge in [-0.15, -0.1) is 0 Å². The molecule has 0 radical (unpaired) electrons. The van der Waals surface area contributed by atoms with Gasteiger partial charge in [-0.25, -0.2) is 9.59 Å². The van der Waals surface area contributed by atoms with Crippen LogP contribution in [0.2, 0.25) is 0 Å². The SMILES string of the molecule is COC(=O)c1ccc(C(=O)Oc2ccc(C(C)c3ccc(C)c(C)c3)cc2C)cc1. The molecule has 1 unspecified atom stereocenters. The van der Waals surface area contributed by atoms with Crippen molar-refractivity contribution in [3.05, 3.63) is 99.6 Å². The molecule has 0 saturated heterocycles. The first-order valence-corrected chi connectivity index (χ1v) is 9.88. The van der Waals surface area contributed by atoms with E-state index in [1.807, 2.05) is 19.1 Å². The Kier molecular flexibility index (Phi) is 6.36. The van der Waals surface area contributed by atoms with Crippen LogP contribution in [0.15, 0.2) is 60.7 Å². The van der Waals surface area contributed by atoms with E-state index in [4.69, 9.17) is 4.74 Å². The summed E-state index contributed by atoms with van der Waals surface area (Å²) < 4.78 is 10.2. The number of rotatable bonds is 5. The fourth-order valence-electron chi connectivity index (χ4n) is 3.30. The van der Waals surface area contributed by atoms with Gasteiger partial charge in [0.1, 0.15) is 5.75 Å². The van der Waals surface area contributed by atoms with Crippen LogP contribution in [0, 0.1) is 20.8 Å². The standard InChI is InChI=1S/C26H26O4/c1-16-6-7-22(14-17(16)2)19(4)23-12-13-24(18(3)15-23)30-26(28)21-10-8-20(9-11-21)25(27)29-5/h6-15,19H,1-5H3. The molecule has 1 atom stereocenters. The molecule has 0 fully saturated rings. The Morgan fingerprint density at radius 2 is 1.23 bits per heavy atom. The summed E-state index contributed by atoms with van der Waals surface area (Å²) in [4.78, 5) is 24.0. The summed E-state index contributed by atoms with van der Waals surface area (Å²) in [5.41, 5.74) is 6.63. The molecule has 0 aromatic heterocycles. The van der Waals surface area contributed by atoms with Crippen molar-refractivity contribution in [2.24, 2.45) is 0 Å². The third-order valence-electron chi connectivity index (χ3n) is 5.47. The van der Waals surface area contributed by atoms with Crippen LogP contribution in [0.3, 0.4) is 0 Å². The first-order valence-electron chi connectivity index (χ1n) is 9.88. The third-order valence-corrected chi connectivity index (χ3v) is 5.47. The molecule has 0 N–H and O–H groups in total. The van der Waals surface area contributed by atoms with Gasteiger partial charge >= 0.3 is 11.9 Å². The van der Waals surface area contributed by atoms with Gasteiger partial charge in [0.05, 0.1) is 18.2 Å². The Morgan fingerprint density at radius 1 is 0.700 bits per heavy atom. The van der Waals surface area contributed by atoms with E-state index in [0.29, 0.717) is 16.9 Å². The lowest BCUT2D eigenvalue weighted by Gasteiger charge is -2.16. The second-order valence-corrected chi connectivity index (χ2v) is 7.55. The minimum atomic E-state index is -0.468. The summed E-state index contributed by atoms with van der Waals surface area (Å²) in [6.45, 7) is 8.34. The second-order valence-electron chi connectivity index (χ2n) is 7.55. The monoisotopic (exact) mass is 402 g/mol. The number of benzene rings is 3. The van der Waals surface area contributed by atoms with E-state index < -0.39 is 11.9 Å². The number of hydrogen-bond acceptors (Lipinski definition) is 4. The van der Waals surface area contributed by atoms with Crippen molar-refractivity contribution < 1.29 is 19.1 Å². The van der Waals surface area contributed by atoms with Gasteiger partial charge in [0.2, 0.25) is 0 Å². The highest BCUT2D eigenvalue weighted by Crippen LogP contribution is 2.29. The molecule has 30 heavy (non-hydrogen) atoms. The Labute approximate surface area is 177 Å². The Bertz CT molecular complexity index is 1080. The first kappa shape index (κ1) is 21.3. The van der Waals surface area contributed by atoms with Gasteiger partial charge in [-0.3, -0.25) is 0 Å². The summed E-state index contributed by atoms with van der Waals surface area (Å²) in [7, 11) is 1.32. The summed E-state index contributed by atoms with van der Waals surface area (Å²) in [5, 5.41) is 0. The van der Waals surface area contributed by atoms with Crippen LogP contribution >= 0.6 is 0 Å². The van der Waals surface area contributed by atoms with Gasteiger partial charge in [-0.2, -0.15) is 0 Å². The van der Waals surface area contributed by atoms with Crippen molar-refractivity contribution >= 4 is 11.9 Å². The molecule has 4 heteroatoms. The quantitative estimate of drug-likeness (QED) is 0.402. The predicted octanol–water partition coefficient (Wildman–Crippen LogP) is 5.77. The van der Waals surface area contributed by atoms with Gasteiger partial charge in [-0.05, 0) is 78.9 Å². The lowest BCUT2D eigenvalue weighted by molar-refractivity contribution is 0.0599. The van der Waals surface area contributed by atoms with Gasteiger partial charge in [-0.1, -0.05) is 37.3 Å². The summed E-state index contributed by atoms with van der Waals surface area (Å²) in [6.07, 6.45) is 0. The van der Waals surface area contributed by atoms with E-state index in [2.05, 4.69) is 49.8 Å². The molecule has 0 bridgehead atoms. The molecule has 0 heterocycles. The molecule has 0 saturated carbocycles. The number of carbonyl (C=O) groups is 2. The van der Waals surface area contributed by atoms with Crippen LogP contribution < -0.4 is 4.74 Å². The Balaban J connectivity index is 1.75. The van der Waals surface area contributed by atoms with Crippen molar-refractivity contribution in [2.75, 3.05) is 7.11 Å². The van der Waals surface area contributed by atoms with E-state index in [1.165, 1.54) is 23.8 Å². The molecule has 154 valence electrons. The van der Waals surface area contributed by atoms with Crippen LogP contribution in [-0.4, -0.2) is 19.0 Å². The van der Waals surface area contributed by atoms with Gasteiger partial charge in [0, 0.05) is 5.92 Å². The third kappa shape index (κ3) is 4.60. The maximum Gasteiger partial charge on any atom is 0.343 e. The summed E-state index contributed by atoms with van der Waals surface area (Å²) in [5.74, 6) is -0.157. The molecule has 0 aliphatic rings. The van der Waals surface area contributed by atoms with Crippen LogP contribution in [-0.2, 0) is 4.74 Å². The van der Waals surface area contributed by atoms with Crippen molar-refractivity contribution in [1.82, 2.24) is 0 Å². The highest BCUT2D eigenvalue weighted by Gasteiger charge is 2.15. The van der Waals surface area contributed by atoms with Crippen molar-refractivity contribution in [2.45, 2.75) is 33.6 Å².